The molecule has 0 aromatic heterocycles. The van der Waals surface area contributed by atoms with Gasteiger partial charge in [0.25, 0.3) is 5.60 Å². The Labute approximate surface area is 95.8 Å². The minimum atomic E-state index is -2.41. The fraction of sp³-hybridized carbons (Fsp3) is 0.300. The van der Waals surface area contributed by atoms with E-state index in [0.29, 0.717) is 0 Å². The zero-order valence-electron chi connectivity index (χ0n) is 8.92. The molecule has 0 aliphatic heterocycles. The minimum absolute atomic E-state index is 0.0950. The van der Waals surface area contributed by atoms with E-state index in [9.17, 15) is 24.4 Å². The van der Waals surface area contributed by atoms with Crippen molar-refractivity contribution in [2.24, 2.45) is 0 Å². The quantitative estimate of drug-likeness (QED) is 0.471. The van der Waals surface area contributed by atoms with Gasteiger partial charge in [-0.15, -0.1) is 0 Å². The Balaban J connectivity index is 3.18. The maximum Gasteiger partial charge on any atom is 0.349 e. The topological polar surface area (TPSA) is 89.7 Å². The number of nitrogens with zero attached hydrogens (tertiary/aromatic N) is 1. The predicted molar refractivity (Wildman–Crippen MR) is 54.2 cm³/mol. The van der Waals surface area contributed by atoms with Crippen molar-refractivity contribution in [2.75, 3.05) is 13.7 Å². The summed E-state index contributed by atoms with van der Waals surface area (Å²) in [7, 11) is 0.997. The lowest BCUT2D eigenvalue weighted by Crippen LogP contribution is -2.43. The number of benzene rings is 1. The van der Waals surface area contributed by atoms with Crippen LogP contribution in [-0.2, 0) is 15.1 Å². The lowest BCUT2D eigenvalue weighted by atomic mass is 9.94. The maximum absolute atomic E-state index is 12.7. The summed E-state index contributed by atoms with van der Waals surface area (Å²) in [6.07, 6.45) is 0. The molecule has 0 bridgehead atoms. The summed E-state index contributed by atoms with van der Waals surface area (Å²) in [5, 5.41) is 20.4. The van der Waals surface area contributed by atoms with Crippen molar-refractivity contribution >= 4 is 5.97 Å². The molecule has 1 atom stereocenters. The minimum Gasteiger partial charge on any atom is -0.466 e. The molecule has 1 aromatic carbocycles. The van der Waals surface area contributed by atoms with Crippen LogP contribution in [0.4, 0.5) is 4.39 Å². The monoisotopic (exact) mass is 243 g/mol. The molecular formula is C10H10FNO5. The third kappa shape index (κ3) is 2.76. The highest BCUT2D eigenvalue weighted by Crippen LogP contribution is 2.23. The summed E-state index contributed by atoms with van der Waals surface area (Å²) >= 11 is 0. The second kappa shape index (κ2) is 4.88. The number of hydrogen-bond acceptors (Lipinski definition) is 5. The SMILES string of the molecule is COC(=O)C(O)(C[N+](=O)[O-])c1ccc(F)cc1. The van der Waals surface area contributed by atoms with Gasteiger partial charge in [-0.2, -0.15) is 0 Å². The van der Waals surface area contributed by atoms with E-state index in [-0.39, 0.29) is 5.56 Å². The van der Waals surface area contributed by atoms with Gasteiger partial charge in [-0.25, -0.2) is 9.18 Å². The molecule has 0 saturated carbocycles. The number of rotatable bonds is 4. The molecule has 7 heteroatoms. The van der Waals surface area contributed by atoms with Crippen molar-refractivity contribution in [3.8, 4) is 0 Å². The summed E-state index contributed by atoms with van der Waals surface area (Å²) < 4.78 is 17.0. The molecule has 1 rings (SSSR count). The third-order valence-electron chi connectivity index (χ3n) is 2.20. The molecule has 0 heterocycles. The Morgan fingerprint density at radius 3 is 2.47 bits per heavy atom. The first kappa shape index (κ1) is 13.0. The molecule has 17 heavy (non-hydrogen) atoms. The van der Waals surface area contributed by atoms with Crippen molar-refractivity contribution < 1.29 is 24.0 Å². The van der Waals surface area contributed by atoms with Crippen LogP contribution in [0, 0.1) is 15.9 Å². The summed E-state index contributed by atoms with van der Waals surface area (Å²) in [5.74, 6) is -1.75. The predicted octanol–water partition coefficient (Wildman–Crippen LogP) is 0.463. The van der Waals surface area contributed by atoms with Crippen LogP contribution in [-0.4, -0.2) is 29.7 Å². The first-order chi connectivity index (χ1) is 7.90. The third-order valence-corrected chi connectivity index (χ3v) is 2.20. The van der Waals surface area contributed by atoms with Gasteiger partial charge in [0, 0.05) is 10.5 Å². The van der Waals surface area contributed by atoms with E-state index in [1.165, 1.54) is 0 Å². The number of nitro groups is 1. The van der Waals surface area contributed by atoms with Crippen molar-refractivity contribution in [3.05, 3.63) is 45.8 Å². The molecule has 92 valence electrons. The lowest BCUT2D eigenvalue weighted by molar-refractivity contribution is -0.499. The van der Waals surface area contributed by atoms with Gasteiger partial charge in [0.05, 0.1) is 7.11 Å². The highest BCUT2D eigenvalue weighted by molar-refractivity contribution is 5.81. The number of halogens is 1. The molecule has 0 fully saturated rings. The zero-order valence-corrected chi connectivity index (χ0v) is 8.92. The molecule has 1 N–H and O–H groups in total. The van der Waals surface area contributed by atoms with Crippen molar-refractivity contribution in [1.29, 1.82) is 0 Å². The first-order valence-corrected chi connectivity index (χ1v) is 4.59. The van der Waals surface area contributed by atoms with Gasteiger partial charge in [-0.1, -0.05) is 12.1 Å². The van der Waals surface area contributed by atoms with Crippen LogP contribution in [0.1, 0.15) is 5.56 Å². The Bertz CT molecular complexity index is 433. The highest BCUT2D eigenvalue weighted by Gasteiger charge is 2.44. The van der Waals surface area contributed by atoms with Crippen LogP contribution in [0.25, 0.3) is 0 Å². The summed E-state index contributed by atoms with van der Waals surface area (Å²) in [5.41, 5.74) is -2.51. The summed E-state index contributed by atoms with van der Waals surface area (Å²) in [6, 6.07) is 4.16. The molecule has 1 aromatic rings. The first-order valence-electron chi connectivity index (χ1n) is 4.59. The van der Waals surface area contributed by atoms with Gasteiger partial charge in [0.15, 0.2) is 0 Å². The normalized spacial score (nSPS) is 13.8. The molecule has 0 saturated heterocycles. The number of methoxy groups -OCH3 is 1. The average Bonchev–Trinajstić information content (AvgIpc) is 2.27. The number of carbonyl (C=O) groups is 1. The smallest absolute Gasteiger partial charge is 0.349 e. The van der Waals surface area contributed by atoms with Crippen molar-refractivity contribution in [3.63, 3.8) is 0 Å². The molecule has 0 aliphatic rings. The molecule has 0 radical (unpaired) electrons. The Morgan fingerprint density at radius 2 is 2.06 bits per heavy atom. The Kier molecular flexibility index (Phi) is 3.74. The lowest BCUT2D eigenvalue weighted by Gasteiger charge is -2.21. The van der Waals surface area contributed by atoms with Crippen LogP contribution in [0.5, 0.6) is 0 Å². The number of esters is 1. The van der Waals surface area contributed by atoms with Gasteiger partial charge in [0.2, 0.25) is 6.54 Å². The van der Waals surface area contributed by atoms with Gasteiger partial charge >= 0.3 is 5.97 Å². The van der Waals surface area contributed by atoms with Gasteiger partial charge in [-0.3, -0.25) is 10.1 Å². The van der Waals surface area contributed by atoms with Gasteiger partial charge in [0.1, 0.15) is 5.82 Å². The van der Waals surface area contributed by atoms with E-state index in [4.69, 9.17) is 0 Å². The second-order valence-electron chi connectivity index (χ2n) is 3.35. The Morgan fingerprint density at radius 1 is 1.53 bits per heavy atom. The van der Waals surface area contributed by atoms with E-state index in [2.05, 4.69) is 4.74 Å². The van der Waals surface area contributed by atoms with E-state index in [1.807, 2.05) is 0 Å². The van der Waals surface area contributed by atoms with Crippen molar-refractivity contribution in [1.82, 2.24) is 0 Å². The van der Waals surface area contributed by atoms with Crippen molar-refractivity contribution in [2.45, 2.75) is 5.60 Å². The van der Waals surface area contributed by atoms with E-state index < -0.39 is 28.9 Å². The van der Waals surface area contributed by atoms with E-state index in [1.54, 1.807) is 0 Å². The van der Waals surface area contributed by atoms with Crippen LogP contribution in [0.2, 0.25) is 0 Å². The van der Waals surface area contributed by atoms with Crippen LogP contribution >= 0.6 is 0 Å². The summed E-state index contributed by atoms with van der Waals surface area (Å²) in [4.78, 5) is 21.0. The van der Waals surface area contributed by atoms with Crippen LogP contribution in [0.15, 0.2) is 24.3 Å². The van der Waals surface area contributed by atoms with Gasteiger partial charge < -0.3 is 9.84 Å². The zero-order chi connectivity index (χ0) is 13.1. The molecule has 1 unspecified atom stereocenters. The number of ether oxygens (including phenoxy) is 1. The second-order valence-corrected chi connectivity index (χ2v) is 3.35. The molecule has 0 spiro atoms. The molecule has 6 nitrogen and oxygen atoms in total. The highest BCUT2D eigenvalue weighted by atomic mass is 19.1. The molecule has 0 aliphatic carbocycles. The van der Waals surface area contributed by atoms with E-state index >= 15 is 0 Å². The fourth-order valence-corrected chi connectivity index (χ4v) is 1.35. The summed E-state index contributed by atoms with van der Waals surface area (Å²) in [6.45, 7) is -1.05. The fourth-order valence-electron chi connectivity index (χ4n) is 1.35. The maximum atomic E-state index is 12.7. The van der Waals surface area contributed by atoms with Crippen LogP contribution in [0.3, 0.4) is 0 Å². The van der Waals surface area contributed by atoms with Gasteiger partial charge in [-0.05, 0) is 12.1 Å². The number of aliphatic hydroxyl groups is 1. The molecular weight excluding hydrogens is 233 g/mol. The van der Waals surface area contributed by atoms with Crippen LogP contribution < -0.4 is 0 Å². The average molecular weight is 243 g/mol. The molecule has 0 amide bonds. The number of hydrogen-bond donors (Lipinski definition) is 1. The standard InChI is InChI=1S/C10H10FNO5/c1-17-9(13)10(14,6-12(15)16)7-2-4-8(11)5-3-7/h2-5,14H,6H2,1H3. The largest absolute Gasteiger partial charge is 0.466 e. The number of carbonyl (C=O) groups excluding carboxylic acids is 1. The van der Waals surface area contributed by atoms with E-state index in [0.717, 1.165) is 31.4 Å². The Hall–Kier alpha value is -2.02.